The van der Waals surface area contributed by atoms with Crippen LogP contribution in [0.1, 0.15) is 23.7 Å². The molecule has 0 amide bonds. The molecule has 1 aliphatic rings. The van der Waals surface area contributed by atoms with Gasteiger partial charge < -0.3 is 0 Å². The van der Waals surface area contributed by atoms with Gasteiger partial charge in [0.15, 0.2) is 0 Å². The molecule has 0 saturated heterocycles. The minimum atomic E-state index is 0.193. The molecule has 0 bridgehead atoms. The Bertz CT molecular complexity index is 374. The van der Waals surface area contributed by atoms with Crippen molar-refractivity contribution in [3.05, 3.63) is 29.1 Å². The fraction of sp³-hybridized carbons (Fsp3) is 0.455. The highest BCUT2D eigenvalue weighted by Crippen LogP contribution is 2.20. The van der Waals surface area contributed by atoms with Crippen LogP contribution in [0.15, 0.2) is 12.3 Å². The molecule has 1 aliphatic heterocycles. The first-order chi connectivity index (χ1) is 6.65. The van der Waals surface area contributed by atoms with Crippen LogP contribution >= 0.6 is 0 Å². The van der Waals surface area contributed by atoms with E-state index in [1.807, 2.05) is 6.20 Å². The molecule has 3 heteroatoms. The van der Waals surface area contributed by atoms with Gasteiger partial charge in [-0.05, 0) is 25.1 Å². The summed E-state index contributed by atoms with van der Waals surface area (Å²) in [7, 11) is 2.08. The van der Waals surface area contributed by atoms with Gasteiger partial charge in [-0.2, -0.15) is 0 Å². The molecule has 0 atom stereocenters. The molecule has 0 aliphatic carbocycles. The fourth-order valence-electron chi connectivity index (χ4n) is 1.85. The third kappa shape index (κ3) is 1.82. The molecule has 0 radical (unpaired) electrons. The normalized spacial score (nSPS) is 15.6. The monoisotopic (exact) mass is 190 g/mol. The van der Waals surface area contributed by atoms with Crippen LogP contribution in [0, 0.1) is 0 Å². The predicted molar refractivity (Wildman–Crippen MR) is 53.8 cm³/mol. The van der Waals surface area contributed by atoms with Gasteiger partial charge in [-0.25, -0.2) is 0 Å². The quantitative estimate of drug-likeness (QED) is 0.701. The molecule has 0 saturated carbocycles. The Balaban J connectivity index is 2.24. The van der Waals surface area contributed by atoms with Crippen LogP contribution in [0.3, 0.4) is 0 Å². The van der Waals surface area contributed by atoms with E-state index in [4.69, 9.17) is 0 Å². The SMILES string of the molecule is CC(=O)Cc1cnc2c(c1)CN(C)C2. The number of aromatic nitrogens is 1. The maximum absolute atomic E-state index is 10.9. The van der Waals surface area contributed by atoms with Crippen LogP contribution in [0.25, 0.3) is 0 Å². The fourth-order valence-corrected chi connectivity index (χ4v) is 1.85. The molecule has 1 aromatic heterocycles. The largest absolute Gasteiger partial charge is 0.300 e. The zero-order valence-corrected chi connectivity index (χ0v) is 8.58. The highest BCUT2D eigenvalue weighted by atomic mass is 16.1. The molecule has 0 N–H and O–H groups in total. The number of ketones is 1. The molecular weight excluding hydrogens is 176 g/mol. The Labute approximate surface area is 83.8 Å². The van der Waals surface area contributed by atoms with Gasteiger partial charge in [-0.15, -0.1) is 0 Å². The van der Waals surface area contributed by atoms with Crippen molar-refractivity contribution in [2.75, 3.05) is 7.05 Å². The lowest BCUT2D eigenvalue weighted by atomic mass is 10.1. The van der Waals surface area contributed by atoms with Crippen molar-refractivity contribution in [2.45, 2.75) is 26.4 Å². The number of Topliss-reactive ketones (excluding diaryl/α,β-unsaturated/α-hetero) is 1. The van der Waals surface area contributed by atoms with E-state index in [2.05, 4.69) is 23.0 Å². The van der Waals surface area contributed by atoms with Gasteiger partial charge >= 0.3 is 0 Å². The number of hydrogen-bond donors (Lipinski definition) is 0. The van der Waals surface area contributed by atoms with Crippen molar-refractivity contribution in [3.63, 3.8) is 0 Å². The summed E-state index contributed by atoms with van der Waals surface area (Å²) in [6.07, 6.45) is 2.32. The zero-order chi connectivity index (χ0) is 10.1. The molecule has 0 aromatic carbocycles. The summed E-state index contributed by atoms with van der Waals surface area (Å²) in [6.45, 7) is 3.49. The smallest absolute Gasteiger partial charge is 0.134 e. The van der Waals surface area contributed by atoms with Gasteiger partial charge in [0.1, 0.15) is 5.78 Å². The molecule has 0 unspecified atom stereocenters. The maximum Gasteiger partial charge on any atom is 0.134 e. The van der Waals surface area contributed by atoms with Crippen molar-refractivity contribution < 1.29 is 4.79 Å². The summed E-state index contributed by atoms with van der Waals surface area (Å²) >= 11 is 0. The van der Waals surface area contributed by atoms with E-state index in [1.165, 1.54) is 5.56 Å². The van der Waals surface area contributed by atoms with Gasteiger partial charge in [0.2, 0.25) is 0 Å². The van der Waals surface area contributed by atoms with Crippen molar-refractivity contribution in [2.24, 2.45) is 0 Å². The van der Waals surface area contributed by atoms with Crippen molar-refractivity contribution in [3.8, 4) is 0 Å². The Morgan fingerprint density at radius 3 is 3.07 bits per heavy atom. The average Bonchev–Trinajstić information content (AvgIpc) is 2.42. The van der Waals surface area contributed by atoms with E-state index in [-0.39, 0.29) is 5.78 Å². The van der Waals surface area contributed by atoms with Crippen molar-refractivity contribution in [1.29, 1.82) is 0 Å². The third-order valence-electron chi connectivity index (χ3n) is 2.43. The summed E-state index contributed by atoms with van der Waals surface area (Å²) < 4.78 is 0. The second-order valence-electron chi connectivity index (χ2n) is 4.00. The topological polar surface area (TPSA) is 33.2 Å². The number of carbonyl (C=O) groups excluding carboxylic acids is 1. The minimum absolute atomic E-state index is 0.193. The number of fused-ring (bicyclic) bond motifs is 1. The number of hydrogen-bond acceptors (Lipinski definition) is 3. The van der Waals surface area contributed by atoms with Crippen LogP contribution < -0.4 is 0 Å². The Kier molecular flexibility index (Phi) is 2.33. The molecule has 3 nitrogen and oxygen atoms in total. The van der Waals surface area contributed by atoms with Crippen LogP contribution in [0.5, 0.6) is 0 Å². The Hall–Kier alpha value is -1.22. The van der Waals surface area contributed by atoms with E-state index >= 15 is 0 Å². The van der Waals surface area contributed by atoms with Gasteiger partial charge in [0.05, 0.1) is 5.69 Å². The first-order valence-electron chi connectivity index (χ1n) is 4.80. The maximum atomic E-state index is 10.9. The predicted octanol–water partition coefficient (Wildman–Crippen LogP) is 1.16. The lowest BCUT2D eigenvalue weighted by Crippen LogP contribution is -2.07. The molecule has 1 aromatic rings. The highest BCUT2D eigenvalue weighted by Gasteiger charge is 2.16. The lowest BCUT2D eigenvalue weighted by Gasteiger charge is -2.02. The summed E-state index contributed by atoms with van der Waals surface area (Å²) in [4.78, 5) is 17.5. The summed E-state index contributed by atoms with van der Waals surface area (Å²) in [5, 5.41) is 0. The third-order valence-corrected chi connectivity index (χ3v) is 2.43. The van der Waals surface area contributed by atoms with E-state index in [9.17, 15) is 4.79 Å². The number of nitrogens with zero attached hydrogens (tertiary/aromatic N) is 2. The first-order valence-corrected chi connectivity index (χ1v) is 4.80. The van der Waals surface area contributed by atoms with Crippen molar-refractivity contribution >= 4 is 5.78 Å². The van der Waals surface area contributed by atoms with Crippen LogP contribution in [-0.2, 0) is 24.3 Å². The van der Waals surface area contributed by atoms with Crippen LogP contribution in [-0.4, -0.2) is 22.7 Å². The summed E-state index contributed by atoms with van der Waals surface area (Å²) in [5.41, 5.74) is 3.46. The standard InChI is InChI=1S/C11H14N2O/c1-8(14)3-9-4-10-6-13(2)7-11(10)12-5-9/h4-5H,3,6-7H2,1-2H3. The Morgan fingerprint density at radius 2 is 2.36 bits per heavy atom. The number of carbonyl (C=O) groups is 1. The molecule has 2 rings (SSSR count). The van der Waals surface area contributed by atoms with E-state index in [0.717, 1.165) is 24.3 Å². The molecule has 14 heavy (non-hydrogen) atoms. The van der Waals surface area contributed by atoms with E-state index < -0.39 is 0 Å². The molecule has 0 spiro atoms. The van der Waals surface area contributed by atoms with Gasteiger partial charge in [0, 0.05) is 25.7 Å². The molecular formula is C11H14N2O. The van der Waals surface area contributed by atoms with Gasteiger partial charge in [-0.3, -0.25) is 14.7 Å². The van der Waals surface area contributed by atoms with E-state index in [0.29, 0.717) is 6.42 Å². The van der Waals surface area contributed by atoms with Crippen LogP contribution in [0.4, 0.5) is 0 Å². The summed E-state index contributed by atoms with van der Waals surface area (Å²) in [5.74, 6) is 0.193. The number of rotatable bonds is 2. The van der Waals surface area contributed by atoms with Crippen molar-refractivity contribution in [1.82, 2.24) is 9.88 Å². The highest BCUT2D eigenvalue weighted by molar-refractivity contribution is 5.78. The van der Waals surface area contributed by atoms with Gasteiger partial charge in [0.25, 0.3) is 0 Å². The molecule has 74 valence electrons. The number of pyridine rings is 1. The Morgan fingerprint density at radius 1 is 1.57 bits per heavy atom. The molecule has 2 heterocycles. The zero-order valence-electron chi connectivity index (χ0n) is 8.58. The van der Waals surface area contributed by atoms with Gasteiger partial charge in [-0.1, -0.05) is 6.07 Å². The lowest BCUT2D eigenvalue weighted by molar-refractivity contribution is -0.116. The first kappa shape index (κ1) is 9.34. The molecule has 0 fully saturated rings. The minimum Gasteiger partial charge on any atom is -0.300 e. The second-order valence-corrected chi connectivity index (χ2v) is 4.00. The summed E-state index contributed by atoms with van der Waals surface area (Å²) in [6, 6.07) is 2.10. The second kappa shape index (κ2) is 3.50. The van der Waals surface area contributed by atoms with Crippen LogP contribution in [0.2, 0.25) is 0 Å². The average molecular weight is 190 g/mol. The van der Waals surface area contributed by atoms with E-state index in [1.54, 1.807) is 6.92 Å².